The van der Waals surface area contributed by atoms with Crippen molar-refractivity contribution in [2.75, 3.05) is 19.7 Å². The van der Waals surface area contributed by atoms with Crippen LogP contribution < -0.4 is 10.6 Å². The van der Waals surface area contributed by atoms with E-state index in [1.807, 2.05) is 5.32 Å². The summed E-state index contributed by atoms with van der Waals surface area (Å²) in [5.74, 6) is -0.681. The maximum atomic E-state index is 11.8. The molecule has 0 spiro atoms. The van der Waals surface area contributed by atoms with E-state index in [0.717, 1.165) is 0 Å². The number of carbonyl (C=O) groups is 1. The van der Waals surface area contributed by atoms with E-state index in [0.29, 0.717) is 13.2 Å². The van der Waals surface area contributed by atoms with E-state index in [2.05, 4.69) is 5.32 Å². The Balaban J connectivity index is 0.00000225. The summed E-state index contributed by atoms with van der Waals surface area (Å²) in [6, 6.07) is -0.707. The van der Waals surface area contributed by atoms with Crippen LogP contribution >= 0.6 is 12.4 Å². The van der Waals surface area contributed by atoms with Gasteiger partial charge in [0.25, 0.3) is 0 Å². The minimum absolute atomic E-state index is 0. The number of amides is 1. The van der Waals surface area contributed by atoms with Crippen molar-refractivity contribution >= 4 is 18.3 Å². The van der Waals surface area contributed by atoms with Gasteiger partial charge in [-0.05, 0) is 6.92 Å². The molecule has 1 saturated heterocycles. The predicted octanol–water partition coefficient (Wildman–Crippen LogP) is 0.464. The number of alkyl halides is 3. The minimum atomic E-state index is -4.38. The lowest BCUT2D eigenvalue weighted by atomic mass is 10.1. The zero-order chi connectivity index (χ0) is 11.5. The molecule has 2 atom stereocenters. The van der Waals surface area contributed by atoms with Crippen LogP contribution in [0.2, 0.25) is 0 Å². The van der Waals surface area contributed by atoms with Gasteiger partial charge in [0.1, 0.15) is 12.6 Å². The van der Waals surface area contributed by atoms with Gasteiger partial charge in [0.2, 0.25) is 5.91 Å². The molecule has 2 N–H and O–H groups in total. The van der Waals surface area contributed by atoms with E-state index < -0.39 is 30.8 Å². The van der Waals surface area contributed by atoms with E-state index in [4.69, 9.17) is 4.74 Å². The van der Waals surface area contributed by atoms with Crippen LogP contribution in [0.4, 0.5) is 13.2 Å². The Kier molecular flexibility index (Phi) is 6.06. The van der Waals surface area contributed by atoms with Crippen molar-refractivity contribution < 1.29 is 22.7 Å². The van der Waals surface area contributed by atoms with E-state index in [-0.39, 0.29) is 12.4 Å². The predicted molar refractivity (Wildman–Crippen MR) is 53.5 cm³/mol. The lowest BCUT2D eigenvalue weighted by Gasteiger charge is -2.29. The number of morpholine rings is 1. The number of rotatable bonds is 2. The molecule has 0 aliphatic carbocycles. The summed E-state index contributed by atoms with van der Waals surface area (Å²) >= 11 is 0. The van der Waals surface area contributed by atoms with Crippen LogP contribution in [-0.4, -0.2) is 43.9 Å². The largest absolute Gasteiger partial charge is 0.405 e. The molecular weight excluding hydrogens is 249 g/mol. The lowest BCUT2D eigenvalue weighted by Crippen LogP contribution is -2.56. The summed E-state index contributed by atoms with van der Waals surface area (Å²) in [7, 11) is 0. The standard InChI is InChI=1S/C8H13F3N2O2.ClH/c1-5-6(12-2-3-15-5)7(14)13-4-8(9,10)11;/h5-6,12H,2-4H2,1H3,(H,13,14);1H/t5-,6+;/m1./s1. The quantitative estimate of drug-likeness (QED) is 0.760. The Morgan fingerprint density at radius 3 is 2.69 bits per heavy atom. The van der Waals surface area contributed by atoms with Gasteiger partial charge in [-0.2, -0.15) is 13.2 Å². The summed E-state index contributed by atoms with van der Waals surface area (Å²) < 4.78 is 40.6. The van der Waals surface area contributed by atoms with E-state index in [1.54, 1.807) is 6.92 Å². The first-order valence-corrected chi connectivity index (χ1v) is 4.59. The second kappa shape index (κ2) is 6.27. The Morgan fingerprint density at radius 2 is 2.19 bits per heavy atom. The molecule has 1 amide bonds. The molecule has 1 aliphatic rings. The third-order valence-electron chi connectivity index (χ3n) is 2.06. The van der Waals surface area contributed by atoms with E-state index >= 15 is 0 Å². The highest BCUT2D eigenvalue weighted by molar-refractivity contribution is 5.85. The van der Waals surface area contributed by atoms with Gasteiger partial charge in [0.05, 0.1) is 12.7 Å². The van der Waals surface area contributed by atoms with Crippen molar-refractivity contribution in [2.45, 2.75) is 25.2 Å². The molecule has 16 heavy (non-hydrogen) atoms. The Hall–Kier alpha value is -0.530. The molecular formula is C8H14ClF3N2O2. The maximum absolute atomic E-state index is 11.8. The highest BCUT2D eigenvalue weighted by Crippen LogP contribution is 2.12. The van der Waals surface area contributed by atoms with Crippen LogP contribution in [0.3, 0.4) is 0 Å². The second-order valence-electron chi connectivity index (χ2n) is 3.34. The average molecular weight is 263 g/mol. The van der Waals surface area contributed by atoms with Gasteiger partial charge >= 0.3 is 6.18 Å². The first-order chi connectivity index (χ1) is 6.90. The fourth-order valence-corrected chi connectivity index (χ4v) is 1.32. The van der Waals surface area contributed by atoms with Crippen LogP contribution in [0.5, 0.6) is 0 Å². The monoisotopic (exact) mass is 262 g/mol. The second-order valence-corrected chi connectivity index (χ2v) is 3.34. The molecule has 1 fully saturated rings. The van der Waals surface area contributed by atoms with E-state index in [9.17, 15) is 18.0 Å². The Bertz CT molecular complexity index is 238. The van der Waals surface area contributed by atoms with Crippen LogP contribution in [0.15, 0.2) is 0 Å². The highest BCUT2D eigenvalue weighted by atomic mass is 35.5. The highest BCUT2D eigenvalue weighted by Gasteiger charge is 2.32. The molecule has 96 valence electrons. The fourth-order valence-electron chi connectivity index (χ4n) is 1.32. The van der Waals surface area contributed by atoms with Gasteiger partial charge in [-0.25, -0.2) is 0 Å². The van der Waals surface area contributed by atoms with Crippen molar-refractivity contribution in [2.24, 2.45) is 0 Å². The third kappa shape index (κ3) is 5.00. The van der Waals surface area contributed by atoms with Crippen molar-refractivity contribution in [3.63, 3.8) is 0 Å². The number of carbonyl (C=O) groups excluding carboxylic acids is 1. The third-order valence-corrected chi connectivity index (χ3v) is 2.06. The molecule has 0 radical (unpaired) electrons. The SMILES string of the molecule is C[C@H]1OCCN[C@@H]1C(=O)NCC(F)(F)F.Cl. The average Bonchev–Trinajstić information content (AvgIpc) is 2.14. The Labute approximate surface area is 97.3 Å². The number of hydrogen-bond donors (Lipinski definition) is 2. The number of nitrogens with one attached hydrogen (secondary N) is 2. The smallest absolute Gasteiger partial charge is 0.375 e. The summed E-state index contributed by atoms with van der Waals surface area (Å²) in [6.45, 7) is 1.26. The summed E-state index contributed by atoms with van der Waals surface area (Å²) in [5.41, 5.74) is 0. The van der Waals surface area contributed by atoms with Crippen LogP contribution in [0.1, 0.15) is 6.92 Å². The van der Waals surface area contributed by atoms with Gasteiger partial charge in [0, 0.05) is 6.54 Å². The zero-order valence-electron chi connectivity index (χ0n) is 8.63. The molecule has 0 bridgehead atoms. The first-order valence-electron chi connectivity index (χ1n) is 4.59. The normalized spacial score (nSPS) is 25.8. The molecule has 0 saturated carbocycles. The molecule has 4 nitrogen and oxygen atoms in total. The molecule has 1 rings (SSSR count). The van der Waals surface area contributed by atoms with Crippen molar-refractivity contribution in [3.8, 4) is 0 Å². The Morgan fingerprint density at radius 1 is 1.56 bits per heavy atom. The van der Waals surface area contributed by atoms with Crippen molar-refractivity contribution in [1.29, 1.82) is 0 Å². The lowest BCUT2D eigenvalue weighted by molar-refractivity contribution is -0.143. The minimum Gasteiger partial charge on any atom is -0.375 e. The van der Waals surface area contributed by atoms with E-state index in [1.165, 1.54) is 0 Å². The number of hydrogen-bond acceptors (Lipinski definition) is 3. The molecule has 1 heterocycles. The molecule has 0 aromatic carbocycles. The van der Waals surface area contributed by atoms with Crippen LogP contribution in [-0.2, 0) is 9.53 Å². The maximum Gasteiger partial charge on any atom is 0.405 e. The summed E-state index contributed by atoms with van der Waals surface area (Å²) in [6.07, 6.45) is -4.79. The molecule has 1 aliphatic heterocycles. The van der Waals surface area contributed by atoms with Crippen LogP contribution in [0.25, 0.3) is 0 Å². The van der Waals surface area contributed by atoms with Crippen LogP contribution in [0, 0.1) is 0 Å². The van der Waals surface area contributed by atoms with Gasteiger partial charge in [-0.3, -0.25) is 4.79 Å². The summed E-state index contributed by atoms with van der Waals surface area (Å²) in [4.78, 5) is 11.3. The topological polar surface area (TPSA) is 50.4 Å². The zero-order valence-corrected chi connectivity index (χ0v) is 9.45. The molecule has 0 aromatic heterocycles. The molecule has 0 unspecified atom stereocenters. The van der Waals surface area contributed by atoms with Gasteiger partial charge in [-0.15, -0.1) is 12.4 Å². The van der Waals surface area contributed by atoms with Crippen molar-refractivity contribution in [1.82, 2.24) is 10.6 Å². The summed E-state index contributed by atoms with van der Waals surface area (Å²) in [5, 5.41) is 4.62. The molecule has 0 aromatic rings. The number of ether oxygens (including phenoxy) is 1. The van der Waals surface area contributed by atoms with Gasteiger partial charge in [-0.1, -0.05) is 0 Å². The van der Waals surface area contributed by atoms with Gasteiger partial charge in [0.15, 0.2) is 0 Å². The fraction of sp³-hybridized carbons (Fsp3) is 0.875. The number of halogens is 4. The van der Waals surface area contributed by atoms with Gasteiger partial charge < -0.3 is 15.4 Å². The first kappa shape index (κ1) is 15.5. The van der Waals surface area contributed by atoms with Crippen molar-refractivity contribution in [3.05, 3.63) is 0 Å². The molecule has 8 heteroatoms.